The summed E-state index contributed by atoms with van der Waals surface area (Å²) in [5.41, 5.74) is -0.292. The van der Waals surface area contributed by atoms with Crippen LogP contribution in [0, 0.1) is 11.8 Å². The Morgan fingerprint density at radius 1 is 1.21 bits per heavy atom. The zero-order chi connectivity index (χ0) is 19.6. The van der Waals surface area contributed by atoms with Crippen LogP contribution < -0.4 is 5.32 Å². The Balaban J connectivity index is 0.000000408. The van der Waals surface area contributed by atoms with Crippen LogP contribution in [0.25, 0.3) is 0 Å². The molecule has 2 saturated heterocycles. The zero-order valence-electron chi connectivity index (χ0n) is 16.1. The number of methoxy groups -OCH3 is 1. The van der Waals surface area contributed by atoms with E-state index in [4.69, 9.17) is 4.74 Å². The molecule has 7 heteroatoms. The van der Waals surface area contributed by atoms with E-state index in [1.807, 2.05) is 54.6 Å². The number of carbonyl (C=O) groups is 3. The van der Waals surface area contributed by atoms with Gasteiger partial charge in [-0.3, -0.25) is 19.3 Å². The average Bonchev–Trinajstić information content (AvgIpc) is 3.44. The quantitative estimate of drug-likeness (QED) is 0.353. The normalized spacial score (nSPS) is 28.2. The van der Waals surface area contributed by atoms with E-state index in [-0.39, 0.29) is 34.9 Å². The first-order chi connectivity index (χ1) is 13.0. The summed E-state index contributed by atoms with van der Waals surface area (Å²) >= 11 is 0. The number of hydrogen-bond acceptors (Lipinski definition) is 5. The third-order valence-electron chi connectivity index (χ3n) is 5.41. The van der Waals surface area contributed by atoms with Crippen molar-refractivity contribution in [2.75, 3.05) is 13.7 Å². The van der Waals surface area contributed by atoms with Crippen LogP contribution >= 0.6 is 0 Å². The second-order valence-electron chi connectivity index (χ2n) is 6.92. The molecular formula is C21H24FeN2O4. The number of imide groups is 1. The van der Waals surface area contributed by atoms with Crippen LogP contribution in [0.3, 0.4) is 0 Å². The molecule has 2 aromatic carbocycles. The number of esters is 1. The van der Waals surface area contributed by atoms with Crippen LogP contribution in [0.5, 0.6) is 0 Å². The Kier molecular flexibility index (Phi) is 6.99. The maximum Gasteiger partial charge on any atom is 2.00 e. The van der Waals surface area contributed by atoms with Gasteiger partial charge in [-0.15, -0.1) is 5.56 Å². The van der Waals surface area contributed by atoms with Crippen molar-refractivity contribution in [2.24, 2.45) is 11.8 Å². The van der Waals surface area contributed by atoms with Gasteiger partial charge in [0.2, 0.25) is 11.8 Å². The Morgan fingerprint density at radius 3 is 2.29 bits per heavy atom. The largest absolute Gasteiger partial charge is 2.00 e. The van der Waals surface area contributed by atoms with Crippen LogP contribution in [0.4, 0.5) is 0 Å². The number of fused-ring (bicyclic) bond motifs is 1. The van der Waals surface area contributed by atoms with E-state index in [9.17, 15) is 14.4 Å². The summed E-state index contributed by atoms with van der Waals surface area (Å²) in [6, 6.07) is 17.2. The van der Waals surface area contributed by atoms with E-state index in [1.54, 1.807) is 13.8 Å². The van der Waals surface area contributed by atoms with Crippen LogP contribution in [-0.4, -0.2) is 41.9 Å². The van der Waals surface area contributed by atoms with Gasteiger partial charge < -0.3 is 10.1 Å². The van der Waals surface area contributed by atoms with E-state index in [0.717, 1.165) is 5.56 Å². The second-order valence-corrected chi connectivity index (χ2v) is 6.92. The maximum atomic E-state index is 12.6. The molecule has 150 valence electrons. The maximum absolute atomic E-state index is 12.6. The summed E-state index contributed by atoms with van der Waals surface area (Å²) < 4.78 is 4.88. The predicted molar refractivity (Wildman–Crippen MR) is 99.7 cm³/mol. The fourth-order valence-corrected chi connectivity index (χ4v) is 4.11. The predicted octanol–water partition coefficient (Wildman–Crippen LogP) is 2.01. The number of rotatable bonds is 3. The molecule has 4 rings (SSSR count). The number of nitrogens with one attached hydrogen (secondary N) is 1. The number of carbonyl (C=O) groups excluding carboxylic acids is 3. The molecule has 2 aromatic rings. The number of hydrogen-bond donors (Lipinski definition) is 1. The summed E-state index contributed by atoms with van der Waals surface area (Å²) in [5.74, 6) is -2.34. The molecule has 4 atom stereocenters. The Labute approximate surface area is 175 Å². The molecule has 6 nitrogen and oxygen atoms in total. The Morgan fingerprint density at radius 2 is 1.82 bits per heavy atom. The number of ether oxygens (including phenoxy) is 1. The number of amides is 2. The molecule has 0 saturated carbocycles. The minimum absolute atomic E-state index is 0. The van der Waals surface area contributed by atoms with E-state index in [2.05, 4.69) is 5.32 Å². The fourth-order valence-electron chi connectivity index (χ4n) is 4.11. The monoisotopic (exact) mass is 424 g/mol. The minimum Gasteiger partial charge on any atom is -0.468 e. The third kappa shape index (κ3) is 3.57. The minimum atomic E-state index is -1.20. The molecule has 2 aliphatic rings. The van der Waals surface area contributed by atoms with Crippen molar-refractivity contribution in [2.45, 2.75) is 25.4 Å². The van der Waals surface area contributed by atoms with Gasteiger partial charge in [-0.05, 0) is 13.8 Å². The molecular weight excluding hydrogens is 400 g/mol. The molecule has 0 aliphatic carbocycles. The molecule has 0 bridgehead atoms. The molecule has 0 radical (unpaired) electrons. The summed E-state index contributed by atoms with van der Waals surface area (Å²) in [4.78, 5) is 38.8. The van der Waals surface area contributed by atoms with E-state index >= 15 is 0 Å². The number of nitrogens with zero attached hydrogens (tertiary/aromatic N) is 1. The van der Waals surface area contributed by atoms with E-state index in [0.29, 0.717) is 6.54 Å². The van der Waals surface area contributed by atoms with Gasteiger partial charge in [0.1, 0.15) is 5.54 Å². The molecule has 28 heavy (non-hydrogen) atoms. The van der Waals surface area contributed by atoms with Gasteiger partial charge in [-0.2, -0.15) is 30.3 Å². The number of likely N-dealkylation sites (tertiary alicyclic amines) is 1. The summed E-state index contributed by atoms with van der Waals surface area (Å²) in [5, 5.41) is 3.19. The first-order valence-electron chi connectivity index (χ1n) is 9.05. The molecule has 2 heterocycles. The zero-order valence-corrected chi connectivity index (χ0v) is 17.2. The van der Waals surface area contributed by atoms with Gasteiger partial charge >= 0.3 is 23.0 Å². The third-order valence-corrected chi connectivity index (χ3v) is 5.41. The van der Waals surface area contributed by atoms with E-state index in [1.165, 1.54) is 12.0 Å². The average molecular weight is 424 g/mol. The fraction of sp³-hybridized carbons (Fsp3) is 0.381. The van der Waals surface area contributed by atoms with Crippen LogP contribution in [0.15, 0.2) is 54.6 Å². The molecule has 4 unspecified atom stereocenters. The van der Waals surface area contributed by atoms with Gasteiger partial charge in [0.05, 0.1) is 18.9 Å². The standard InChI is InChI=1S/C16H19N2O4.C5H5.Fe/c1-4-18-13(19)10-11(14(18)20)16(2,15(21)22-3)17-12(10)9-7-5-6-8-9;1-2-4-5-3-1;/h5-8,10-12,17H,4H2,1-3H3;1-5H;/q2*-1;+2. The Bertz CT molecular complexity index is 785. The van der Waals surface area contributed by atoms with Gasteiger partial charge in [0, 0.05) is 12.6 Å². The SMILES string of the molecule is CCN1C(=O)C2C([c-]3cccc3)NC(C)(C(=O)OC)C2C1=O.[Fe+2].c1cc[cH-]c1. The molecule has 0 aromatic heterocycles. The van der Waals surface area contributed by atoms with Crippen molar-refractivity contribution < 1.29 is 36.2 Å². The van der Waals surface area contributed by atoms with Gasteiger partial charge in [0.15, 0.2) is 0 Å². The van der Waals surface area contributed by atoms with Gasteiger partial charge in [-0.1, -0.05) is 0 Å². The van der Waals surface area contributed by atoms with Crippen molar-refractivity contribution in [3.05, 3.63) is 60.2 Å². The smallest absolute Gasteiger partial charge is 0.468 e. The first kappa shape index (κ1) is 22.1. The molecule has 2 fully saturated rings. The summed E-state index contributed by atoms with van der Waals surface area (Å²) in [6.07, 6.45) is 0. The van der Waals surface area contributed by atoms with Crippen molar-refractivity contribution in [1.82, 2.24) is 10.2 Å². The Hall–Kier alpha value is -2.21. The van der Waals surface area contributed by atoms with E-state index < -0.39 is 23.3 Å². The topological polar surface area (TPSA) is 75.7 Å². The van der Waals surface area contributed by atoms with Crippen LogP contribution in [0.1, 0.15) is 25.5 Å². The van der Waals surface area contributed by atoms with Crippen molar-refractivity contribution >= 4 is 17.8 Å². The second kappa shape index (κ2) is 8.86. The van der Waals surface area contributed by atoms with Gasteiger partial charge in [-0.25, -0.2) is 24.3 Å². The van der Waals surface area contributed by atoms with Crippen molar-refractivity contribution in [1.29, 1.82) is 0 Å². The first-order valence-corrected chi connectivity index (χ1v) is 9.05. The molecule has 0 spiro atoms. The van der Waals surface area contributed by atoms with Crippen LogP contribution in [-0.2, 0) is 36.2 Å². The molecule has 1 N–H and O–H groups in total. The van der Waals surface area contributed by atoms with Crippen molar-refractivity contribution in [3.63, 3.8) is 0 Å². The summed E-state index contributed by atoms with van der Waals surface area (Å²) in [6.45, 7) is 3.72. The molecule has 2 aliphatic heterocycles. The van der Waals surface area contributed by atoms with Crippen molar-refractivity contribution in [3.8, 4) is 0 Å². The molecule has 2 amide bonds. The van der Waals surface area contributed by atoms with Gasteiger partial charge in [0.25, 0.3) is 0 Å². The summed E-state index contributed by atoms with van der Waals surface area (Å²) in [7, 11) is 1.29. The van der Waals surface area contributed by atoms with Crippen LogP contribution in [0.2, 0.25) is 0 Å².